The van der Waals surface area contributed by atoms with Crippen LogP contribution in [0.2, 0.25) is 0 Å². The van der Waals surface area contributed by atoms with Crippen LogP contribution in [0.5, 0.6) is 0 Å². The second-order valence-corrected chi connectivity index (χ2v) is 6.77. The van der Waals surface area contributed by atoms with E-state index in [1.165, 1.54) is 0 Å². The van der Waals surface area contributed by atoms with Crippen LogP contribution in [0.15, 0.2) is 104 Å². The Labute approximate surface area is 174 Å². The third-order valence-corrected chi connectivity index (χ3v) is 4.85. The maximum absolute atomic E-state index is 4.67. The highest BCUT2D eigenvalue weighted by molar-refractivity contribution is 5.69. The molecule has 0 aliphatic heterocycles. The van der Waals surface area contributed by atoms with Gasteiger partial charge in [0.25, 0.3) is 0 Å². The summed E-state index contributed by atoms with van der Waals surface area (Å²) in [6, 6.07) is 24.2. The SMILES string of the molecule is c1cncc(-c2ccc(-c3ncnc(-c4ccc(-c5cccnc5)cc4)n3)cc2)c1. The van der Waals surface area contributed by atoms with Crippen molar-refractivity contribution in [3.05, 3.63) is 104 Å². The molecule has 0 saturated heterocycles. The molecule has 0 aliphatic rings. The van der Waals surface area contributed by atoms with Gasteiger partial charge in [0.1, 0.15) is 6.33 Å². The van der Waals surface area contributed by atoms with Gasteiger partial charge in [-0.1, -0.05) is 60.7 Å². The van der Waals surface area contributed by atoms with E-state index in [-0.39, 0.29) is 0 Å². The van der Waals surface area contributed by atoms with E-state index in [9.17, 15) is 0 Å². The Morgan fingerprint density at radius 3 is 1.27 bits per heavy atom. The zero-order chi connectivity index (χ0) is 20.2. The molecule has 0 N–H and O–H groups in total. The van der Waals surface area contributed by atoms with Crippen molar-refractivity contribution in [3.8, 4) is 45.0 Å². The molecule has 0 aliphatic carbocycles. The quantitative estimate of drug-likeness (QED) is 0.417. The maximum atomic E-state index is 4.67. The zero-order valence-electron chi connectivity index (χ0n) is 16.1. The lowest BCUT2D eigenvalue weighted by molar-refractivity contribution is 1.07. The molecule has 0 unspecified atom stereocenters. The fourth-order valence-electron chi connectivity index (χ4n) is 3.26. The molecule has 0 amide bonds. The van der Waals surface area contributed by atoms with Gasteiger partial charge in [0.15, 0.2) is 11.6 Å². The van der Waals surface area contributed by atoms with Crippen LogP contribution in [0.3, 0.4) is 0 Å². The normalized spacial score (nSPS) is 10.7. The summed E-state index contributed by atoms with van der Waals surface area (Å²) in [6.45, 7) is 0. The van der Waals surface area contributed by atoms with Gasteiger partial charge in [0, 0.05) is 35.9 Å². The molecule has 5 nitrogen and oxygen atoms in total. The fourth-order valence-corrected chi connectivity index (χ4v) is 3.26. The first-order valence-electron chi connectivity index (χ1n) is 9.57. The first-order chi connectivity index (χ1) is 14.9. The Hall–Kier alpha value is -4.25. The van der Waals surface area contributed by atoms with E-state index in [4.69, 9.17) is 0 Å². The molecule has 0 saturated carbocycles. The second kappa shape index (κ2) is 8.01. The van der Waals surface area contributed by atoms with Crippen LogP contribution in [0, 0.1) is 0 Å². The first kappa shape index (κ1) is 17.8. The fraction of sp³-hybridized carbons (Fsp3) is 0. The van der Waals surface area contributed by atoms with Gasteiger partial charge in [0.05, 0.1) is 0 Å². The van der Waals surface area contributed by atoms with Crippen molar-refractivity contribution in [2.75, 3.05) is 0 Å². The van der Waals surface area contributed by atoms with Crippen molar-refractivity contribution < 1.29 is 0 Å². The number of rotatable bonds is 4. The smallest absolute Gasteiger partial charge is 0.163 e. The van der Waals surface area contributed by atoms with Gasteiger partial charge in [-0.3, -0.25) is 9.97 Å². The lowest BCUT2D eigenvalue weighted by atomic mass is 10.0. The first-order valence-corrected chi connectivity index (χ1v) is 9.57. The van der Waals surface area contributed by atoms with E-state index in [1.807, 2.05) is 60.9 Å². The molecule has 0 radical (unpaired) electrons. The van der Waals surface area contributed by atoms with E-state index in [0.717, 1.165) is 33.4 Å². The Balaban J connectivity index is 1.42. The molecule has 0 fully saturated rings. The summed E-state index contributed by atoms with van der Waals surface area (Å²) in [5.41, 5.74) is 6.25. The van der Waals surface area contributed by atoms with E-state index >= 15 is 0 Å². The Kier molecular flexibility index (Phi) is 4.76. The standard InChI is InChI=1S/C25H17N5/c1-3-22(15-26-13-1)18-5-9-20(10-6-18)24-28-17-29-25(30-24)21-11-7-19(8-12-21)23-4-2-14-27-16-23/h1-17H. The topological polar surface area (TPSA) is 64.5 Å². The van der Waals surface area contributed by atoms with E-state index < -0.39 is 0 Å². The highest BCUT2D eigenvalue weighted by Crippen LogP contribution is 2.25. The van der Waals surface area contributed by atoms with E-state index in [1.54, 1.807) is 18.7 Å². The van der Waals surface area contributed by atoms with Crippen LogP contribution in [0.25, 0.3) is 45.0 Å². The number of hydrogen-bond donors (Lipinski definition) is 0. The number of benzene rings is 2. The third kappa shape index (κ3) is 3.69. The molecular weight excluding hydrogens is 370 g/mol. The summed E-state index contributed by atoms with van der Waals surface area (Å²) < 4.78 is 0. The van der Waals surface area contributed by atoms with Crippen LogP contribution in [-0.4, -0.2) is 24.9 Å². The summed E-state index contributed by atoms with van der Waals surface area (Å²) in [4.78, 5) is 21.7. The van der Waals surface area contributed by atoms with Gasteiger partial charge < -0.3 is 0 Å². The molecule has 5 heteroatoms. The van der Waals surface area contributed by atoms with Crippen molar-refractivity contribution in [1.29, 1.82) is 0 Å². The lowest BCUT2D eigenvalue weighted by Crippen LogP contribution is -1.95. The van der Waals surface area contributed by atoms with Crippen LogP contribution in [0.4, 0.5) is 0 Å². The lowest BCUT2D eigenvalue weighted by Gasteiger charge is -2.06. The van der Waals surface area contributed by atoms with Gasteiger partial charge in [-0.15, -0.1) is 0 Å². The van der Waals surface area contributed by atoms with Crippen LogP contribution in [-0.2, 0) is 0 Å². The summed E-state index contributed by atoms with van der Waals surface area (Å²) in [5, 5.41) is 0. The van der Waals surface area contributed by atoms with Crippen molar-refractivity contribution in [3.63, 3.8) is 0 Å². The molecule has 3 aromatic heterocycles. The highest BCUT2D eigenvalue weighted by atomic mass is 15.0. The van der Waals surface area contributed by atoms with Crippen molar-refractivity contribution in [2.45, 2.75) is 0 Å². The Morgan fingerprint density at radius 2 is 0.867 bits per heavy atom. The van der Waals surface area contributed by atoms with E-state index in [2.05, 4.69) is 49.2 Å². The van der Waals surface area contributed by atoms with Crippen LogP contribution < -0.4 is 0 Å². The maximum Gasteiger partial charge on any atom is 0.163 e. The molecule has 0 bridgehead atoms. The molecule has 5 rings (SSSR count). The molecule has 3 heterocycles. The molecular formula is C25H17N5. The summed E-state index contributed by atoms with van der Waals surface area (Å²) in [6.07, 6.45) is 8.80. The van der Waals surface area contributed by atoms with Gasteiger partial charge in [-0.25, -0.2) is 15.0 Å². The zero-order valence-corrected chi connectivity index (χ0v) is 16.1. The molecule has 5 aromatic rings. The Bertz CT molecular complexity index is 1150. The third-order valence-electron chi connectivity index (χ3n) is 4.85. The van der Waals surface area contributed by atoms with Crippen molar-refractivity contribution >= 4 is 0 Å². The molecule has 0 spiro atoms. The summed E-state index contributed by atoms with van der Waals surface area (Å²) in [7, 11) is 0. The number of aromatic nitrogens is 5. The minimum atomic E-state index is 0.647. The number of hydrogen-bond acceptors (Lipinski definition) is 5. The molecule has 2 aromatic carbocycles. The minimum absolute atomic E-state index is 0.647. The largest absolute Gasteiger partial charge is 0.264 e. The van der Waals surface area contributed by atoms with Crippen molar-refractivity contribution in [1.82, 2.24) is 24.9 Å². The molecule has 30 heavy (non-hydrogen) atoms. The van der Waals surface area contributed by atoms with Gasteiger partial charge in [-0.05, 0) is 34.4 Å². The van der Waals surface area contributed by atoms with Gasteiger partial charge >= 0.3 is 0 Å². The van der Waals surface area contributed by atoms with Crippen LogP contribution >= 0.6 is 0 Å². The Morgan fingerprint density at radius 1 is 0.433 bits per heavy atom. The average molecular weight is 387 g/mol. The average Bonchev–Trinajstić information content (AvgIpc) is 2.85. The number of nitrogens with zero attached hydrogens (tertiary/aromatic N) is 5. The van der Waals surface area contributed by atoms with E-state index in [0.29, 0.717) is 11.6 Å². The predicted octanol–water partition coefficient (Wildman–Crippen LogP) is 5.33. The molecule has 0 atom stereocenters. The van der Waals surface area contributed by atoms with Crippen molar-refractivity contribution in [2.24, 2.45) is 0 Å². The number of pyridine rings is 2. The summed E-state index contributed by atoms with van der Waals surface area (Å²) >= 11 is 0. The molecule has 142 valence electrons. The second-order valence-electron chi connectivity index (χ2n) is 6.77. The van der Waals surface area contributed by atoms with Crippen LogP contribution in [0.1, 0.15) is 0 Å². The minimum Gasteiger partial charge on any atom is -0.264 e. The monoisotopic (exact) mass is 387 g/mol. The van der Waals surface area contributed by atoms with Gasteiger partial charge in [-0.2, -0.15) is 0 Å². The summed E-state index contributed by atoms with van der Waals surface area (Å²) in [5.74, 6) is 1.29. The van der Waals surface area contributed by atoms with Gasteiger partial charge in [0.2, 0.25) is 0 Å². The highest BCUT2D eigenvalue weighted by Gasteiger charge is 2.07. The predicted molar refractivity (Wildman–Crippen MR) is 117 cm³/mol.